The van der Waals surface area contributed by atoms with Gasteiger partial charge in [-0.15, -0.1) is 6.42 Å². The Hall–Kier alpha value is -1.11. The lowest BCUT2D eigenvalue weighted by molar-refractivity contribution is -0.155. The summed E-state index contributed by atoms with van der Waals surface area (Å²) in [6.07, 6.45) is 12.6. The van der Waals surface area contributed by atoms with Gasteiger partial charge in [0.05, 0.1) is 6.10 Å². The molecule has 4 rings (SSSR count). The van der Waals surface area contributed by atoms with Crippen molar-refractivity contribution >= 4 is 5.78 Å². The summed E-state index contributed by atoms with van der Waals surface area (Å²) in [5.41, 5.74) is -0.324. The van der Waals surface area contributed by atoms with Crippen LogP contribution in [0.3, 0.4) is 0 Å². The minimum Gasteiger partial charge on any atom is -0.393 e. The summed E-state index contributed by atoms with van der Waals surface area (Å²) in [5.74, 6) is 3.82. The van der Waals surface area contributed by atoms with Crippen molar-refractivity contribution < 1.29 is 15.0 Å². The van der Waals surface area contributed by atoms with E-state index in [4.69, 9.17) is 6.42 Å². The van der Waals surface area contributed by atoms with E-state index in [0.717, 1.165) is 25.7 Å². The summed E-state index contributed by atoms with van der Waals surface area (Å²) in [7, 11) is 0. The molecule has 3 nitrogen and oxygen atoms in total. The van der Waals surface area contributed by atoms with Gasteiger partial charge in [0.25, 0.3) is 0 Å². The van der Waals surface area contributed by atoms with Gasteiger partial charge in [-0.25, -0.2) is 0 Å². The predicted molar refractivity (Wildman–Crippen MR) is 91.9 cm³/mol. The van der Waals surface area contributed by atoms with E-state index in [-0.39, 0.29) is 17.1 Å². The zero-order chi connectivity index (χ0) is 17.3. The molecule has 3 saturated carbocycles. The molecule has 0 bridgehead atoms. The molecule has 4 aliphatic carbocycles. The zero-order valence-corrected chi connectivity index (χ0v) is 14.7. The molecule has 0 aliphatic heterocycles. The van der Waals surface area contributed by atoms with E-state index >= 15 is 0 Å². The maximum Gasteiger partial charge on any atom is 0.155 e. The second-order valence-corrected chi connectivity index (χ2v) is 9.12. The van der Waals surface area contributed by atoms with Gasteiger partial charge in [0.15, 0.2) is 5.78 Å². The Morgan fingerprint density at radius 3 is 2.71 bits per heavy atom. The number of hydrogen-bond acceptors (Lipinski definition) is 3. The summed E-state index contributed by atoms with van der Waals surface area (Å²) in [5, 5.41) is 22.1. The fourth-order valence-electron chi connectivity index (χ4n) is 6.93. The summed E-state index contributed by atoms with van der Waals surface area (Å²) in [4.78, 5) is 11.9. The standard InChI is InChI=1S/C21H28O3/c1-4-21(24)10-8-16-15-6-5-13-11-14(22)7-9-19(13,2)18(15)17(23)12-20(16,21)3/h1,11,15-18,23-24H,5-10,12H2,2-3H3/t15-,16+,17+,18-,19-,20+,21-/m0/s1. The monoisotopic (exact) mass is 328 g/mol. The molecule has 0 spiro atoms. The van der Waals surface area contributed by atoms with Crippen molar-refractivity contribution in [1.82, 2.24) is 0 Å². The maximum atomic E-state index is 11.9. The van der Waals surface area contributed by atoms with E-state index < -0.39 is 17.1 Å². The number of carbonyl (C=O) groups excluding carboxylic acids is 1. The molecule has 0 aromatic rings. The Morgan fingerprint density at radius 2 is 2.00 bits per heavy atom. The van der Waals surface area contributed by atoms with Crippen LogP contribution >= 0.6 is 0 Å². The van der Waals surface area contributed by atoms with Crippen molar-refractivity contribution in [3.63, 3.8) is 0 Å². The Bertz CT molecular complexity index is 658. The number of rotatable bonds is 0. The molecule has 0 amide bonds. The van der Waals surface area contributed by atoms with Gasteiger partial charge in [-0.2, -0.15) is 0 Å². The molecule has 7 atom stereocenters. The van der Waals surface area contributed by atoms with Gasteiger partial charge in [-0.1, -0.05) is 25.3 Å². The lowest BCUT2D eigenvalue weighted by atomic mass is 9.45. The average molecular weight is 328 g/mol. The van der Waals surface area contributed by atoms with Gasteiger partial charge in [-0.3, -0.25) is 4.79 Å². The number of hydrogen-bond donors (Lipinski definition) is 2. The predicted octanol–water partition coefficient (Wildman–Crippen LogP) is 2.85. The number of allylic oxidation sites excluding steroid dienone is 1. The zero-order valence-electron chi connectivity index (χ0n) is 14.7. The molecule has 0 saturated heterocycles. The molecule has 130 valence electrons. The molecule has 0 unspecified atom stereocenters. The van der Waals surface area contributed by atoms with Crippen molar-refractivity contribution in [2.24, 2.45) is 28.6 Å². The molecule has 4 aliphatic rings. The Kier molecular flexibility index (Phi) is 3.38. The summed E-state index contributed by atoms with van der Waals surface area (Å²) in [6.45, 7) is 4.33. The van der Waals surface area contributed by atoms with Crippen LogP contribution in [0.15, 0.2) is 11.6 Å². The summed E-state index contributed by atoms with van der Waals surface area (Å²) < 4.78 is 0. The van der Waals surface area contributed by atoms with Crippen LogP contribution < -0.4 is 0 Å². The highest BCUT2D eigenvalue weighted by molar-refractivity contribution is 5.91. The van der Waals surface area contributed by atoms with Crippen molar-refractivity contribution in [1.29, 1.82) is 0 Å². The first-order valence-corrected chi connectivity index (χ1v) is 9.37. The molecule has 0 radical (unpaired) electrons. The molecule has 24 heavy (non-hydrogen) atoms. The van der Waals surface area contributed by atoms with E-state index in [1.165, 1.54) is 5.57 Å². The fourth-order valence-corrected chi connectivity index (χ4v) is 6.93. The Labute approximate surface area is 144 Å². The second kappa shape index (κ2) is 4.96. The average Bonchev–Trinajstić information content (AvgIpc) is 2.79. The Balaban J connectivity index is 1.76. The minimum atomic E-state index is -1.09. The maximum absolute atomic E-state index is 11.9. The van der Waals surface area contributed by atoms with Gasteiger partial charge in [-0.05, 0) is 67.8 Å². The first-order valence-electron chi connectivity index (χ1n) is 9.37. The van der Waals surface area contributed by atoms with Crippen LogP contribution in [0.2, 0.25) is 0 Å². The number of terminal acetylenes is 1. The van der Waals surface area contributed by atoms with Crippen LogP contribution in [0.1, 0.15) is 58.8 Å². The number of fused-ring (bicyclic) bond motifs is 5. The quantitative estimate of drug-likeness (QED) is 0.672. The van der Waals surface area contributed by atoms with Crippen LogP contribution in [0.25, 0.3) is 0 Å². The SMILES string of the molecule is C#C[C@]1(O)CC[C@@H]2[C@@H]3CCC4=CC(=O)CC[C@]4(C)[C@@H]3[C@H](O)C[C@]21C. The third kappa shape index (κ3) is 1.85. The summed E-state index contributed by atoms with van der Waals surface area (Å²) >= 11 is 0. The van der Waals surface area contributed by atoms with Gasteiger partial charge in [0.2, 0.25) is 0 Å². The van der Waals surface area contributed by atoms with E-state index in [1.807, 2.05) is 6.08 Å². The number of aliphatic hydroxyl groups excluding tert-OH is 1. The highest BCUT2D eigenvalue weighted by Crippen LogP contribution is 2.67. The minimum absolute atomic E-state index is 0.0750. The molecule has 0 aromatic heterocycles. The molecular weight excluding hydrogens is 300 g/mol. The number of ketones is 1. The van der Waals surface area contributed by atoms with E-state index in [9.17, 15) is 15.0 Å². The van der Waals surface area contributed by atoms with Crippen molar-refractivity contribution in [3.05, 3.63) is 11.6 Å². The molecule has 0 aromatic carbocycles. The van der Waals surface area contributed by atoms with E-state index in [1.54, 1.807) is 0 Å². The second-order valence-electron chi connectivity index (χ2n) is 9.12. The van der Waals surface area contributed by atoms with E-state index in [0.29, 0.717) is 31.1 Å². The molecule has 2 N–H and O–H groups in total. The lowest BCUT2D eigenvalue weighted by Crippen LogP contribution is -2.59. The smallest absolute Gasteiger partial charge is 0.155 e. The Morgan fingerprint density at radius 1 is 1.25 bits per heavy atom. The molecular formula is C21H28O3. The largest absolute Gasteiger partial charge is 0.393 e. The highest BCUT2D eigenvalue weighted by atomic mass is 16.3. The third-order valence-electron chi connectivity index (χ3n) is 8.29. The fraction of sp³-hybridized carbons (Fsp3) is 0.762. The highest BCUT2D eigenvalue weighted by Gasteiger charge is 2.66. The normalized spacial score (nSPS) is 53.5. The summed E-state index contributed by atoms with van der Waals surface area (Å²) in [6, 6.07) is 0. The molecule has 3 fully saturated rings. The molecule has 0 heterocycles. The van der Waals surface area contributed by atoms with Gasteiger partial charge < -0.3 is 10.2 Å². The van der Waals surface area contributed by atoms with Crippen LogP contribution in [0.4, 0.5) is 0 Å². The van der Waals surface area contributed by atoms with Crippen molar-refractivity contribution in [2.45, 2.75) is 70.5 Å². The van der Waals surface area contributed by atoms with Gasteiger partial charge in [0.1, 0.15) is 5.60 Å². The van der Waals surface area contributed by atoms with Crippen LogP contribution in [-0.2, 0) is 4.79 Å². The van der Waals surface area contributed by atoms with Crippen molar-refractivity contribution in [2.75, 3.05) is 0 Å². The first kappa shape index (κ1) is 16.4. The first-order chi connectivity index (χ1) is 11.2. The third-order valence-corrected chi connectivity index (χ3v) is 8.29. The number of carbonyl (C=O) groups is 1. The topological polar surface area (TPSA) is 57.5 Å². The number of aliphatic hydroxyl groups is 2. The van der Waals surface area contributed by atoms with Crippen LogP contribution in [0.5, 0.6) is 0 Å². The van der Waals surface area contributed by atoms with Crippen LogP contribution in [0, 0.1) is 40.9 Å². The van der Waals surface area contributed by atoms with Crippen LogP contribution in [-0.4, -0.2) is 27.7 Å². The van der Waals surface area contributed by atoms with Gasteiger partial charge >= 0.3 is 0 Å². The van der Waals surface area contributed by atoms with Gasteiger partial charge in [0, 0.05) is 11.8 Å². The molecule has 3 heteroatoms. The van der Waals surface area contributed by atoms with Crippen molar-refractivity contribution in [3.8, 4) is 12.3 Å². The van der Waals surface area contributed by atoms with E-state index in [2.05, 4.69) is 19.8 Å². The lowest BCUT2D eigenvalue weighted by Gasteiger charge is -2.60.